The van der Waals surface area contributed by atoms with E-state index in [0.29, 0.717) is 25.4 Å². The number of anilines is 1. The van der Waals surface area contributed by atoms with E-state index in [-0.39, 0.29) is 22.6 Å². The van der Waals surface area contributed by atoms with Gasteiger partial charge >= 0.3 is 0 Å². The van der Waals surface area contributed by atoms with Crippen LogP contribution >= 0.6 is 0 Å². The number of hydrogen-bond donors (Lipinski definition) is 2. The first kappa shape index (κ1) is 21.4. The molecule has 0 aliphatic rings. The highest BCUT2D eigenvalue weighted by atomic mass is 32.2. The highest BCUT2D eigenvalue weighted by molar-refractivity contribution is 7.89. The van der Waals surface area contributed by atoms with Crippen molar-refractivity contribution in [3.05, 3.63) is 18.2 Å². The van der Waals surface area contributed by atoms with Gasteiger partial charge in [0.1, 0.15) is 10.6 Å². The summed E-state index contributed by atoms with van der Waals surface area (Å²) in [5, 5.41) is 2.72. The number of nitrogens with two attached hydrogens (primary N) is 1. The second kappa shape index (κ2) is 9.17. The second-order valence-corrected chi connectivity index (χ2v) is 7.73. The van der Waals surface area contributed by atoms with E-state index in [1.807, 2.05) is 0 Å². The average molecular weight is 372 g/mol. The Hall–Kier alpha value is -1.64. The monoisotopic (exact) mass is 371 g/mol. The fourth-order valence-electron chi connectivity index (χ4n) is 2.26. The van der Waals surface area contributed by atoms with Crippen LogP contribution in [0.25, 0.3) is 0 Å². The van der Waals surface area contributed by atoms with Crippen molar-refractivity contribution < 1.29 is 17.9 Å². The lowest BCUT2D eigenvalue weighted by Gasteiger charge is -2.21. The number of sulfonamides is 1. The molecule has 0 saturated carbocycles. The van der Waals surface area contributed by atoms with Crippen molar-refractivity contribution in [3.63, 3.8) is 0 Å². The summed E-state index contributed by atoms with van der Waals surface area (Å²) in [5.41, 5.74) is 6.14. The van der Waals surface area contributed by atoms with Crippen molar-refractivity contribution in [2.24, 2.45) is 11.7 Å². The van der Waals surface area contributed by atoms with Gasteiger partial charge in [-0.1, -0.05) is 20.8 Å². The van der Waals surface area contributed by atoms with Gasteiger partial charge in [-0.15, -0.1) is 0 Å². The molecule has 0 aliphatic heterocycles. The lowest BCUT2D eigenvalue weighted by atomic mass is 10.0. The standard InChI is InChI=1S/C17H29N3O4S/c1-6-20(7-2)25(22,23)16-11-14(9-10-15(16)24-8-3)19-17(21)12(4)13(5)18/h9-13H,6-8,18H2,1-5H3,(H,19,21). The maximum atomic E-state index is 12.9. The second-order valence-electron chi connectivity index (χ2n) is 5.82. The number of hydrogen-bond acceptors (Lipinski definition) is 5. The molecule has 142 valence electrons. The number of benzene rings is 1. The van der Waals surface area contributed by atoms with E-state index in [9.17, 15) is 13.2 Å². The van der Waals surface area contributed by atoms with Crippen LogP contribution in [0.15, 0.2) is 23.1 Å². The predicted molar refractivity (Wildman–Crippen MR) is 99.2 cm³/mol. The van der Waals surface area contributed by atoms with Gasteiger partial charge in [-0.3, -0.25) is 4.79 Å². The lowest BCUT2D eigenvalue weighted by molar-refractivity contribution is -0.119. The molecule has 1 aromatic rings. The van der Waals surface area contributed by atoms with Gasteiger partial charge in [0.05, 0.1) is 12.5 Å². The third-order valence-electron chi connectivity index (χ3n) is 4.04. The Bertz CT molecular complexity index is 685. The summed E-state index contributed by atoms with van der Waals surface area (Å²) in [6.45, 7) is 9.85. The van der Waals surface area contributed by atoms with Crippen molar-refractivity contribution in [3.8, 4) is 5.75 Å². The van der Waals surface area contributed by atoms with Gasteiger partial charge in [0.25, 0.3) is 0 Å². The molecule has 25 heavy (non-hydrogen) atoms. The van der Waals surface area contributed by atoms with Crippen LogP contribution in [0.1, 0.15) is 34.6 Å². The summed E-state index contributed by atoms with van der Waals surface area (Å²) in [6, 6.07) is 4.32. The molecule has 0 heterocycles. The number of carbonyl (C=O) groups excluding carboxylic acids is 1. The molecule has 0 saturated heterocycles. The summed E-state index contributed by atoms with van der Waals surface area (Å²) in [6.07, 6.45) is 0. The molecule has 0 aliphatic carbocycles. The minimum Gasteiger partial charge on any atom is -0.492 e. The fourth-order valence-corrected chi connectivity index (χ4v) is 3.87. The minimum atomic E-state index is -3.72. The SMILES string of the molecule is CCOc1ccc(NC(=O)C(C)C(C)N)cc1S(=O)(=O)N(CC)CC. The van der Waals surface area contributed by atoms with E-state index in [1.54, 1.807) is 46.8 Å². The van der Waals surface area contributed by atoms with Crippen LogP contribution in [0.2, 0.25) is 0 Å². The van der Waals surface area contributed by atoms with Crippen molar-refractivity contribution in [2.45, 2.75) is 45.6 Å². The highest BCUT2D eigenvalue weighted by Gasteiger charge is 2.27. The molecule has 0 spiro atoms. The molecule has 1 aromatic carbocycles. The quantitative estimate of drug-likeness (QED) is 0.692. The number of nitrogens with one attached hydrogen (secondary N) is 1. The zero-order valence-electron chi connectivity index (χ0n) is 15.6. The Morgan fingerprint density at radius 1 is 1.24 bits per heavy atom. The first-order valence-electron chi connectivity index (χ1n) is 8.52. The van der Waals surface area contributed by atoms with Gasteiger partial charge in [-0.25, -0.2) is 8.42 Å². The zero-order valence-corrected chi connectivity index (χ0v) is 16.4. The zero-order chi connectivity index (χ0) is 19.2. The fraction of sp³-hybridized carbons (Fsp3) is 0.588. The molecule has 3 N–H and O–H groups in total. The number of carbonyl (C=O) groups is 1. The topological polar surface area (TPSA) is 102 Å². The van der Waals surface area contributed by atoms with Crippen LogP contribution in [0.5, 0.6) is 5.75 Å². The number of rotatable bonds is 9. The summed E-state index contributed by atoms with van der Waals surface area (Å²) in [5.74, 6) is -0.382. The molecule has 0 fully saturated rings. The van der Waals surface area contributed by atoms with Gasteiger partial charge in [-0.05, 0) is 32.0 Å². The van der Waals surface area contributed by atoms with Crippen molar-refractivity contribution in [1.82, 2.24) is 4.31 Å². The van der Waals surface area contributed by atoms with Crippen LogP contribution in [0, 0.1) is 5.92 Å². The Labute approximate surface area is 150 Å². The maximum absolute atomic E-state index is 12.9. The first-order chi connectivity index (χ1) is 11.7. The van der Waals surface area contributed by atoms with Gasteiger partial charge < -0.3 is 15.8 Å². The number of ether oxygens (including phenoxy) is 1. The van der Waals surface area contributed by atoms with E-state index in [0.717, 1.165) is 0 Å². The van der Waals surface area contributed by atoms with Gasteiger partial charge in [-0.2, -0.15) is 4.31 Å². The molecule has 2 atom stereocenters. The van der Waals surface area contributed by atoms with Crippen LogP contribution < -0.4 is 15.8 Å². The normalized spacial score (nSPS) is 14.2. The summed E-state index contributed by atoms with van der Waals surface area (Å²) >= 11 is 0. The van der Waals surface area contributed by atoms with E-state index in [1.165, 1.54) is 10.4 Å². The van der Waals surface area contributed by atoms with Crippen molar-refractivity contribution in [2.75, 3.05) is 25.0 Å². The molecule has 0 bridgehead atoms. The van der Waals surface area contributed by atoms with E-state index in [4.69, 9.17) is 10.5 Å². The van der Waals surface area contributed by atoms with Gasteiger partial charge in [0, 0.05) is 24.8 Å². The largest absolute Gasteiger partial charge is 0.492 e. The molecule has 1 rings (SSSR count). The smallest absolute Gasteiger partial charge is 0.246 e. The van der Waals surface area contributed by atoms with Crippen molar-refractivity contribution in [1.29, 1.82) is 0 Å². The Balaban J connectivity index is 3.29. The van der Waals surface area contributed by atoms with E-state index < -0.39 is 15.9 Å². The Morgan fingerprint density at radius 2 is 1.84 bits per heavy atom. The van der Waals surface area contributed by atoms with E-state index in [2.05, 4.69) is 5.32 Å². The molecule has 0 aromatic heterocycles. The number of amides is 1. The highest BCUT2D eigenvalue weighted by Crippen LogP contribution is 2.30. The van der Waals surface area contributed by atoms with Gasteiger partial charge in [0.2, 0.25) is 15.9 Å². The molecule has 1 amide bonds. The summed E-state index contributed by atoms with van der Waals surface area (Å²) in [4.78, 5) is 12.2. The molecule has 8 heteroatoms. The van der Waals surface area contributed by atoms with Crippen LogP contribution in [-0.4, -0.2) is 44.4 Å². The number of nitrogens with zero attached hydrogens (tertiary/aromatic N) is 1. The van der Waals surface area contributed by atoms with Gasteiger partial charge in [0.15, 0.2) is 0 Å². The molecule has 7 nitrogen and oxygen atoms in total. The summed E-state index contributed by atoms with van der Waals surface area (Å²) in [7, 11) is -3.72. The van der Waals surface area contributed by atoms with Crippen LogP contribution in [0.4, 0.5) is 5.69 Å². The third kappa shape index (κ3) is 5.17. The maximum Gasteiger partial charge on any atom is 0.246 e. The van der Waals surface area contributed by atoms with Crippen molar-refractivity contribution >= 4 is 21.6 Å². The molecule has 0 radical (unpaired) electrons. The molecule has 2 unspecified atom stereocenters. The van der Waals surface area contributed by atoms with Crippen LogP contribution in [0.3, 0.4) is 0 Å². The first-order valence-corrected chi connectivity index (χ1v) is 9.96. The molecular weight excluding hydrogens is 342 g/mol. The Morgan fingerprint density at radius 3 is 2.32 bits per heavy atom. The molecular formula is C17H29N3O4S. The van der Waals surface area contributed by atoms with E-state index >= 15 is 0 Å². The minimum absolute atomic E-state index is 0.0456. The van der Waals surface area contributed by atoms with Crippen LogP contribution in [-0.2, 0) is 14.8 Å². The lowest BCUT2D eigenvalue weighted by Crippen LogP contribution is -2.34. The average Bonchev–Trinajstić information content (AvgIpc) is 2.56. The Kier molecular flexibility index (Phi) is 7.85. The third-order valence-corrected chi connectivity index (χ3v) is 6.11. The summed E-state index contributed by atoms with van der Waals surface area (Å²) < 4.78 is 32.6. The predicted octanol–water partition coefficient (Wildman–Crippen LogP) is 2.04.